The van der Waals surface area contributed by atoms with Gasteiger partial charge in [0.1, 0.15) is 22.7 Å². The number of aliphatic hydroxyl groups is 1. The highest BCUT2D eigenvalue weighted by Crippen LogP contribution is 2.32. The Morgan fingerprint density at radius 2 is 2.03 bits per heavy atom. The molecule has 1 N–H and O–H groups in total. The fourth-order valence-corrected chi connectivity index (χ4v) is 5.78. The minimum atomic E-state index is -0.844. The predicted molar refractivity (Wildman–Crippen MR) is 122 cm³/mol. The minimum absolute atomic E-state index is 0.0446. The molecule has 1 fully saturated rings. The Balaban J connectivity index is 2.01. The zero-order valence-corrected chi connectivity index (χ0v) is 19.9. The lowest BCUT2D eigenvalue weighted by Crippen LogP contribution is -2.39. The molecular formula is C19H21ClN4O6S2. The Bertz CT molecular complexity index is 1380. The molecule has 0 saturated carbocycles. The Morgan fingerprint density at radius 3 is 2.59 bits per heavy atom. The van der Waals surface area contributed by atoms with Crippen molar-refractivity contribution >= 4 is 50.4 Å². The number of aliphatic hydroxyl groups excluding tert-OH is 1. The summed E-state index contributed by atoms with van der Waals surface area (Å²) < 4.78 is 3.74. The summed E-state index contributed by atoms with van der Waals surface area (Å²) in [4.78, 5) is 57.4. The topological polar surface area (TPSA) is 116 Å². The maximum atomic E-state index is 13.4. The molecule has 1 unspecified atom stereocenters. The van der Waals surface area contributed by atoms with E-state index in [0.29, 0.717) is 16.3 Å². The van der Waals surface area contributed by atoms with Crippen molar-refractivity contribution in [2.24, 2.45) is 13.0 Å². The van der Waals surface area contributed by atoms with Crippen molar-refractivity contribution in [1.82, 2.24) is 18.8 Å². The molecule has 1 amide bonds. The van der Waals surface area contributed by atoms with E-state index in [-0.39, 0.29) is 46.6 Å². The van der Waals surface area contributed by atoms with Gasteiger partial charge in [0.25, 0.3) is 11.5 Å². The van der Waals surface area contributed by atoms with Crippen LogP contribution in [0.25, 0.3) is 10.2 Å². The molecule has 0 bridgehead atoms. The van der Waals surface area contributed by atoms with E-state index < -0.39 is 23.3 Å². The number of halogens is 1. The predicted octanol–water partition coefficient (Wildman–Crippen LogP) is 1.09. The van der Waals surface area contributed by atoms with E-state index in [2.05, 4.69) is 0 Å². The van der Waals surface area contributed by atoms with Gasteiger partial charge >= 0.3 is 10.6 Å². The highest BCUT2D eigenvalue weighted by Gasteiger charge is 2.33. The van der Waals surface area contributed by atoms with Gasteiger partial charge in [0.15, 0.2) is 0 Å². The molecule has 0 aromatic carbocycles. The van der Waals surface area contributed by atoms with Crippen LogP contribution >= 0.6 is 34.3 Å². The molecule has 172 valence electrons. The van der Waals surface area contributed by atoms with Gasteiger partial charge in [-0.1, -0.05) is 36.8 Å². The van der Waals surface area contributed by atoms with Gasteiger partial charge < -0.3 is 5.11 Å². The smallest absolute Gasteiger partial charge is 0.331 e. The molecule has 1 aliphatic rings. The molecule has 32 heavy (non-hydrogen) atoms. The monoisotopic (exact) mass is 500 g/mol. The molecule has 1 aliphatic heterocycles. The molecule has 0 spiro atoms. The van der Waals surface area contributed by atoms with E-state index >= 15 is 0 Å². The van der Waals surface area contributed by atoms with Gasteiger partial charge in [0, 0.05) is 23.8 Å². The molecule has 0 aliphatic carbocycles. The van der Waals surface area contributed by atoms with Crippen molar-refractivity contribution in [1.29, 1.82) is 0 Å². The largest absolute Gasteiger partial charge is 0.389 e. The van der Waals surface area contributed by atoms with Crippen LogP contribution in [0.1, 0.15) is 29.1 Å². The Hall–Kier alpha value is -2.25. The Kier molecular flexibility index (Phi) is 6.16. The van der Waals surface area contributed by atoms with Crippen molar-refractivity contribution in [3.8, 4) is 0 Å². The third-order valence-corrected chi connectivity index (χ3v) is 7.47. The first-order valence-electron chi connectivity index (χ1n) is 9.82. The van der Waals surface area contributed by atoms with E-state index in [1.807, 2.05) is 13.8 Å². The molecule has 1 atom stereocenters. The number of thiophene rings is 1. The lowest BCUT2D eigenvalue weighted by Gasteiger charge is -2.15. The fraction of sp³-hybridized carbons (Fsp3) is 0.474. The van der Waals surface area contributed by atoms with Gasteiger partial charge in [0.05, 0.1) is 24.0 Å². The van der Waals surface area contributed by atoms with Crippen LogP contribution in [0.4, 0.5) is 0 Å². The van der Waals surface area contributed by atoms with Crippen molar-refractivity contribution in [2.75, 3.05) is 13.2 Å². The van der Waals surface area contributed by atoms with Gasteiger partial charge in [-0.3, -0.25) is 32.9 Å². The number of hydrogen-bond acceptors (Lipinski definition) is 8. The summed E-state index contributed by atoms with van der Waals surface area (Å²) in [7, 11) is 1.36. The quantitative estimate of drug-likeness (QED) is 0.560. The average Bonchev–Trinajstić information content (AvgIpc) is 3.42. The number of hydrogen-bond donors (Lipinski definition) is 1. The SMILES string of the molecule is CC(C)Cn1c(=O)n(C)c(=O)c2c(C(=O)N3CC(O)CO3)c(Cn3c(Cl)csc3=O)sc21. The van der Waals surface area contributed by atoms with Gasteiger partial charge in [-0.15, -0.1) is 11.3 Å². The van der Waals surface area contributed by atoms with Crippen molar-refractivity contribution in [3.05, 3.63) is 51.5 Å². The van der Waals surface area contributed by atoms with E-state index in [1.165, 1.54) is 21.6 Å². The molecule has 4 rings (SSSR count). The molecule has 3 aromatic rings. The minimum Gasteiger partial charge on any atom is -0.389 e. The van der Waals surface area contributed by atoms with Crippen LogP contribution in [0, 0.1) is 5.92 Å². The Morgan fingerprint density at radius 1 is 1.31 bits per heavy atom. The average molecular weight is 501 g/mol. The molecule has 0 radical (unpaired) electrons. The number of amides is 1. The molecule has 1 saturated heterocycles. The van der Waals surface area contributed by atoms with Crippen LogP contribution in [0.5, 0.6) is 0 Å². The third kappa shape index (κ3) is 3.86. The maximum Gasteiger partial charge on any atom is 0.331 e. The zero-order chi connectivity index (χ0) is 23.3. The standard InChI is InChI=1S/C19H21ClN4O6S2/c1-9(2)4-23-17-14(15(26)21(3)18(23)28)13(16(27)24-5-10(25)7-30-24)11(32-17)6-22-12(20)8-31-19(22)29/h8-10,25H,4-7H2,1-3H3. The number of thiazole rings is 1. The zero-order valence-electron chi connectivity index (χ0n) is 17.5. The van der Waals surface area contributed by atoms with Crippen LogP contribution < -0.4 is 16.1 Å². The Labute approximate surface area is 194 Å². The summed E-state index contributed by atoms with van der Waals surface area (Å²) in [5, 5.41) is 12.6. The van der Waals surface area contributed by atoms with E-state index in [0.717, 1.165) is 32.3 Å². The molecule has 13 heteroatoms. The first-order chi connectivity index (χ1) is 15.1. The second-order valence-electron chi connectivity index (χ2n) is 7.96. The van der Waals surface area contributed by atoms with E-state index in [9.17, 15) is 24.3 Å². The maximum absolute atomic E-state index is 13.4. The normalized spacial score (nSPS) is 16.6. The number of aromatic nitrogens is 3. The fourth-order valence-electron chi connectivity index (χ4n) is 3.58. The lowest BCUT2D eigenvalue weighted by molar-refractivity contribution is -0.0778. The summed E-state index contributed by atoms with van der Waals surface area (Å²) >= 11 is 8.18. The molecule has 3 aromatic heterocycles. The first kappa shape index (κ1) is 22.9. The van der Waals surface area contributed by atoms with Crippen molar-refractivity contribution in [2.45, 2.75) is 33.0 Å². The summed E-state index contributed by atoms with van der Waals surface area (Å²) in [6.07, 6.45) is -0.844. The first-order valence-corrected chi connectivity index (χ1v) is 11.9. The summed E-state index contributed by atoms with van der Waals surface area (Å²) in [5.41, 5.74) is -1.05. The van der Waals surface area contributed by atoms with Crippen LogP contribution in [-0.4, -0.2) is 49.0 Å². The second kappa shape index (κ2) is 8.60. The van der Waals surface area contributed by atoms with E-state index in [4.69, 9.17) is 16.4 Å². The van der Waals surface area contributed by atoms with Crippen molar-refractivity contribution in [3.63, 3.8) is 0 Å². The van der Waals surface area contributed by atoms with Gasteiger partial charge in [-0.2, -0.15) is 0 Å². The highest BCUT2D eigenvalue weighted by molar-refractivity contribution is 7.19. The van der Waals surface area contributed by atoms with Crippen molar-refractivity contribution < 1.29 is 14.7 Å². The molecule has 4 heterocycles. The van der Waals surface area contributed by atoms with Crippen LogP contribution in [-0.2, 0) is 25.0 Å². The van der Waals surface area contributed by atoms with Crippen LogP contribution in [0.2, 0.25) is 5.15 Å². The summed E-state index contributed by atoms with van der Waals surface area (Å²) in [6, 6.07) is 0. The van der Waals surface area contributed by atoms with Gasteiger partial charge in [-0.05, 0) is 5.92 Å². The number of fused-ring (bicyclic) bond motifs is 1. The third-order valence-electron chi connectivity index (χ3n) is 5.07. The number of carbonyl (C=O) groups is 1. The number of hydroxylamine groups is 2. The van der Waals surface area contributed by atoms with Crippen LogP contribution in [0.15, 0.2) is 19.8 Å². The summed E-state index contributed by atoms with van der Waals surface area (Å²) in [6.45, 7) is 4.07. The summed E-state index contributed by atoms with van der Waals surface area (Å²) in [5.74, 6) is -0.516. The molecular weight excluding hydrogens is 480 g/mol. The second-order valence-corrected chi connectivity index (χ2v) is 10.2. The lowest BCUT2D eigenvalue weighted by atomic mass is 10.1. The number of nitrogens with zero attached hydrogens (tertiary/aromatic N) is 4. The number of rotatable bonds is 5. The number of β-amino-alcohol motifs (C(OH)–C–C–N with tert-alkyl or cyclic N) is 1. The van der Waals surface area contributed by atoms with Crippen LogP contribution in [0.3, 0.4) is 0 Å². The highest BCUT2D eigenvalue weighted by atomic mass is 35.5. The molecule has 10 nitrogen and oxygen atoms in total. The van der Waals surface area contributed by atoms with Gasteiger partial charge in [-0.25, -0.2) is 9.86 Å². The van der Waals surface area contributed by atoms with E-state index in [1.54, 1.807) is 0 Å². The van der Waals surface area contributed by atoms with Gasteiger partial charge in [0.2, 0.25) is 0 Å². The number of carbonyl (C=O) groups excluding carboxylic acids is 1.